The number of furan rings is 1. The van der Waals surface area contributed by atoms with Crippen molar-refractivity contribution in [1.29, 1.82) is 0 Å². The van der Waals surface area contributed by atoms with Gasteiger partial charge in [0, 0.05) is 19.1 Å². The first-order chi connectivity index (χ1) is 7.25. The highest BCUT2D eigenvalue weighted by Gasteiger charge is 2.19. The lowest BCUT2D eigenvalue weighted by Crippen LogP contribution is -2.41. The van der Waals surface area contributed by atoms with Crippen molar-refractivity contribution in [2.75, 3.05) is 19.6 Å². The van der Waals surface area contributed by atoms with Crippen LogP contribution in [0.1, 0.15) is 23.2 Å². The van der Waals surface area contributed by atoms with Gasteiger partial charge in [0.05, 0.1) is 18.4 Å². The van der Waals surface area contributed by atoms with Gasteiger partial charge >= 0.3 is 0 Å². The summed E-state index contributed by atoms with van der Waals surface area (Å²) in [7, 11) is 0. The van der Waals surface area contributed by atoms with Crippen LogP contribution in [-0.4, -0.2) is 36.4 Å². The molecular weight excluding hydrogens is 192 g/mol. The van der Waals surface area contributed by atoms with E-state index in [0.717, 1.165) is 25.9 Å². The molecule has 1 aromatic heterocycles. The Hall–Kier alpha value is -1.13. The van der Waals surface area contributed by atoms with Gasteiger partial charge in [-0.3, -0.25) is 9.69 Å². The Balaban J connectivity index is 1.85. The molecular formula is C11H16N2O2. The van der Waals surface area contributed by atoms with Crippen LogP contribution in [-0.2, 0) is 0 Å². The number of nitrogens with zero attached hydrogens (tertiary/aromatic N) is 1. The van der Waals surface area contributed by atoms with Gasteiger partial charge in [0.25, 0.3) is 0 Å². The second-order valence-corrected chi connectivity index (χ2v) is 4.05. The van der Waals surface area contributed by atoms with Gasteiger partial charge in [-0.1, -0.05) is 0 Å². The van der Waals surface area contributed by atoms with Crippen molar-refractivity contribution in [3.8, 4) is 0 Å². The molecule has 0 aliphatic carbocycles. The van der Waals surface area contributed by atoms with E-state index >= 15 is 0 Å². The molecule has 0 atom stereocenters. The summed E-state index contributed by atoms with van der Waals surface area (Å²) in [5.41, 5.74) is 6.45. The summed E-state index contributed by atoms with van der Waals surface area (Å²) in [6.07, 6.45) is 4.99. The van der Waals surface area contributed by atoms with E-state index in [-0.39, 0.29) is 5.78 Å². The molecule has 0 spiro atoms. The Kier molecular flexibility index (Phi) is 3.18. The SMILES string of the molecule is NC1CCN(CC(=O)c2ccoc2)CC1. The first-order valence-corrected chi connectivity index (χ1v) is 5.29. The highest BCUT2D eigenvalue weighted by Crippen LogP contribution is 2.10. The van der Waals surface area contributed by atoms with Gasteiger partial charge in [0.2, 0.25) is 0 Å². The van der Waals surface area contributed by atoms with Crippen LogP contribution >= 0.6 is 0 Å². The Morgan fingerprint density at radius 1 is 1.53 bits per heavy atom. The third-order valence-electron chi connectivity index (χ3n) is 2.84. The number of hydrogen-bond acceptors (Lipinski definition) is 4. The topological polar surface area (TPSA) is 59.5 Å². The summed E-state index contributed by atoms with van der Waals surface area (Å²) in [5.74, 6) is 0.124. The summed E-state index contributed by atoms with van der Waals surface area (Å²) in [4.78, 5) is 13.9. The number of hydrogen-bond donors (Lipinski definition) is 1. The molecule has 0 radical (unpaired) electrons. The predicted molar refractivity (Wildman–Crippen MR) is 56.7 cm³/mol. The smallest absolute Gasteiger partial charge is 0.180 e. The van der Waals surface area contributed by atoms with Crippen LogP contribution in [0.5, 0.6) is 0 Å². The predicted octanol–water partition coefficient (Wildman–Crippen LogP) is 0.885. The summed E-state index contributed by atoms with van der Waals surface area (Å²) in [5, 5.41) is 0. The van der Waals surface area contributed by atoms with Gasteiger partial charge in [-0.15, -0.1) is 0 Å². The standard InChI is InChI=1S/C11H16N2O2/c12-10-1-4-13(5-2-10)7-11(14)9-3-6-15-8-9/h3,6,8,10H,1-2,4-5,7,12H2. The van der Waals surface area contributed by atoms with Crippen LogP contribution < -0.4 is 5.73 Å². The Morgan fingerprint density at radius 2 is 2.27 bits per heavy atom. The number of piperidine rings is 1. The van der Waals surface area contributed by atoms with E-state index in [1.807, 2.05) is 0 Å². The van der Waals surface area contributed by atoms with E-state index in [2.05, 4.69) is 4.90 Å². The first kappa shape index (κ1) is 10.4. The number of likely N-dealkylation sites (tertiary alicyclic amines) is 1. The number of carbonyl (C=O) groups is 1. The lowest BCUT2D eigenvalue weighted by Gasteiger charge is -2.29. The van der Waals surface area contributed by atoms with Crippen molar-refractivity contribution in [3.05, 3.63) is 24.2 Å². The normalized spacial score (nSPS) is 19.3. The molecule has 82 valence electrons. The lowest BCUT2D eigenvalue weighted by molar-refractivity contribution is 0.0909. The molecule has 0 bridgehead atoms. The maximum atomic E-state index is 11.7. The average molecular weight is 208 g/mol. The summed E-state index contributed by atoms with van der Waals surface area (Å²) in [6, 6.07) is 2.02. The van der Waals surface area contributed by atoms with Crippen LogP contribution in [0.15, 0.2) is 23.0 Å². The molecule has 15 heavy (non-hydrogen) atoms. The van der Waals surface area contributed by atoms with E-state index in [1.165, 1.54) is 12.5 Å². The molecule has 0 aromatic carbocycles. The second-order valence-electron chi connectivity index (χ2n) is 4.05. The van der Waals surface area contributed by atoms with E-state index in [1.54, 1.807) is 6.07 Å². The molecule has 2 heterocycles. The molecule has 4 nitrogen and oxygen atoms in total. The molecule has 1 aliphatic rings. The van der Waals surface area contributed by atoms with E-state index in [4.69, 9.17) is 10.2 Å². The molecule has 2 N–H and O–H groups in total. The van der Waals surface area contributed by atoms with Crippen molar-refractivity contribution in [2.45, 2.75) is 18.9 Å². The van der Waals surface area contributed by atoms with Crippen molar-refractivity contribution < 1.29 is 9.21 Å². The molecule has 0 amide bonds. The minimum absolute atomic E-state index is 0.124. The maximum Gasteiger partial charge on any atom is 0.180 e. The van der Waals surface area contributed by atoms with Crippen LogP contribution in [0, 0.1) is 0 Å². The first-order valence-electron chi connectivity index (χ1n) is 5.29. The highest BCUT2D eigenvalue weighted by molar-refractivity contribution is 5.97. The second kappa shape index (κ2) is 4.59. The zero-order valence-corrected chi connectivity index (χ0v) is 8.69. The van der Waals surface area contributed by atoms with E-state index in [9.17, 15) is 4.79 Å². The molecule has 0 unspecified atom stereocenters. The van der Waals surface area contributed by atoms with Crippen molar-refractivity contribution in [3.63, 3.8) is 0 Å². The van der Waals surface area contributed by atoms with Crippen LogP contribution in [0.2, 0.25) is 0 Å². The number of rotatable bonds is 3. The van der Waals surface area contributed by atoms with E-state index < -0.39 is 0 Å². The van der Waals surface area contributed by atoms with Crippen molar-refractivity contribution in [1.82, 2.24) is 4.90 Å². The number of ketones is 1. The molecule has 1 aliphatic heterocycles. The zero-order valence-electron chi connectivity index (χ0n) is 8.69. The van der Waals surface area contributed by atoms with Gasteiger partial charge in [0.15, 0.2) is 5.78 Å². The minimum atomic E-state index is 0.124. The highest BCUT2D eigenvalue weighted by atomic mass is 16.3. The summed E-state index contributed by atoms with van der Waals surface area (Å²) < 4.78 is 4.88. The molecule has 1 fully saturated rings. The average Bonchev–Trinajstić information content (AvgIpc) is 2.74. The molecule has 4 heteroatoms. The number of carbonyl (C=O) groups excluding carboxylic acids is 1. The van der Waals surface area contributed by atoms with Crippen LogP contribution in [0.25, 0.3) is 0 Å². The van der Waals surface area contributed by atoms with E-state index in [0.29, 0.717) is 18.2 Å². The van der Waals surface area contributed by atoms with Gasteiger partial charge < -0.3 is 10.2 Å². The van der Waals surface area contributed by atoms with Crippen LogP contribution in [0.3, 0.4) is 0 Å². The van der Waals surface area contributed by atoms with Crippen LogP contribution in [0.4, 0.5) is 0 Å². The fraction of sp³-hybridized carbons (Fsp3) is 0.545. The molecule has 1 aromatic rings. The quantitative estimate of drug-likeness (QED) is 0.749. The summed E-state index contributed by atoms with van der Waals surface area (Å²) in [6.45, 7) is 2.32. The van der Waals surface area contributed by atoms with Gasteiger partial charge in [-0.05, 0) is 18.9 Å². The fourth-order valence-corrected chi connectivity index (χ4v) is 1.83. The Morgan fingerprint density at radius 3 is 2.87 bits per heavy atom. The zero-order chi connectivity index (χ0) is 10.7. The number of Topliss-reactive ketones (excluding diaryl/α,β-unsaturated/α-hetero) is 1. The lowest BCUT2D eigenvalue weighted by atomic mass is 10.1. The Bertz CT molecular complexity index is 313. The summed E-state index contributed by atoms with van der Waals surface area (Å²) >= 11 is 0. The third-order valence-corrected chi connectivity index (χ3v) is 2.84. The molecule has 0 saturated carbocycles. The van der Waals surface area contributed by atoms with Gasteiger partial charge in [0.1, 0.15) is 6.26 Å². The Labute approximate surface area is 89.0 Å². The van der Waals surface area contributed by atoms with Crippen molar-refractivity contribution in [2.24, 2.45) is 5.73 Å². The molecule has 2 rings (SSSR count). The van der Waals surface area contributed by atoms with Gasteiger partial charge in [-0.25, -0.2) is 0 Å². The minimum Gasteiger partial charge on any atom is -0.472 e. The monoisotopic (exact) mass is 208 g/mol. The largest absolute Gasteiger partial charge is 0.472 e. The van der Waals surface area contributed by atoms with Crippen molar-refractivity contribution >= 4 is 5.78 Å². The maximum absolute atomic E-state index is 11.7. The van der Waals surface area contributed by atoms with Gasteiger partial charge in [-0.2, -0.15) is 0 Å². The fourth-order valence-electron chi connectivity index (χ4n) is 1.83. The third kappa shape index (κ3) is 2.67. The molecule has 1 saturated heterocycles. The number of nitrogens with two attached hydrogens (primary N) is 1.